The Balaban J connectivity index is 1.92. The van der Waals surface area contributed by atoms with Crippen LogP contribution in [0.4, 0.5) is 5.69 Å². The average molecular weight is 357 g/mol. The Morgan fingerprint density at radius 2 is 1.58 bits per heavy atom. The Bertz CT molecular complexity index is 639. The van der Waals surface area contributed by atoms with Crippen molar-refractivity contribution in [2.75, 3.05) is 44.8 Å². The molecule has 0 bridgehead atoms. The van der Waals surface area contributed by atoms with E-state index in [0.29, 0.717) is 0 Å². The summed E-state index contributed by atoms with van der Waals surface area (Å²) in [5, 5.41) is 0. The molecule has 4 heteroatoms. The van der Waals surface area contributed by atoms with Crippen molar-refractivity contribution in [3.63, 3.8) is 0 Å². The lowest BCUT2D eigenvalue weighted by Gasteiger charge is -2.24. The van der Waals surface area contributed by atoms with Crippen LogP contribution in [0.25, 0.3) is 0 Å². The first kappa shape index (κ1) is 20.1. The summed E-state index contributed by atoms with van der Waals surface area (Å²) in [4.78, 5) is 4.69. The molecule has 0 heterocycles. The van der Waals surface area contributed by atoms with E-state index in [2.05, 4.69) is 67.0 Å². The van der Waals surface area contributed by atoms with Crippen molar-refractivity contribution in [3.05, 3.63) is 54.1 Å². The van der Waals surface area contributed by atoms with E-state index in [0.717, 1.165) is 50.8 Å². The van der Waals surface area contributed by atoms with Gasteiger partial charge in [-0.05, 0) is 49.8 Å². The number of rotatable bonds is 11. The molecule has 0 spiro atoms. The molecule has 0 unspecified atom stereocenters. The number of methoxy groups -OCH3 is 1. The van der Waals surface area contributed by atoms with E-state index in [1.165, 1.54) is 11.3 Å². The third-order valence-electron chi connectivity index (χ3n) is 4.67. The van der Waals surface area contributed by atoms with E-state index < -0.39 is 0 Å². The number of anilines is 1. The molecule has 26 heavy (non-hydrogen) atoms. The zero-order valence-corrected chi connectivity index (χ0v) is 16.6. The zero-order valence-electron chi connectivity index (χ0n) is 16.6. The van der Waals surface area contributed by atoms with Gasteiger partial charge in [-0.2, -0.15) is 0 Å². The molecular weight excluding hydrogens is 324 g/mol. The molecule has 2 aromatic carbocycles. The van der Waals surface area contributed by atoms with Crippen molar-refractivity contribution < 1.29 is 9.47 Å². The maximum atomic E-state index is 5.87. The molecule has 0 N–H and O–H groups in total. The van der Waals surface area contributed by atoms with Crippen LogP contribution >= 0.6 is 0 Å². The largest absolute Gasteiger partial charge is 0.497 e. The molecule has 0 atom stereocenters. The third kappa shape index (κ3) is 5.95. The third-order valence-corrected chi connectivity index (χ3v) is 4.67. The van der Waals surface area contributed by atoms with Crippen molar-refractivity contribution in [2.45, 2.75) is 27.3 Å². The zero-order chi connectivity index (χ0) is 18.8. The van der Waals surface area contributed by atoms with Crippen molar-refractivity contribution in [3.8, 4) is 11.5 Å². The van der Waals surface area contributed by atoms with Crippen LogP contribution in [-0.2, 0) is 6.54 Å². The fourth-order valence-electron chi connectivity index (χ4n) is 2.94. The van der Waals surface area contributed by atoms with Gasteiger partial charge < -0.3 is 19.3 Å². The molecule has 0 radical (unpaired) electrons. The van der Waals surface area contributed by atoms with Crippen LogP contribution in [0.5, 0.6) is 11.5 Å². The van der Waals surface area contributed by atoms with Crippen LogP contribution < -0.4 is 14.4 Å². The van der Waals surface area contributed by atoms with E-state index in [4.69, 9.17) is 9.47 Å². The van der Waals surface area contributed by atoms with Crippen molar-refractivity contribution in [2.24, 2.45) is 0 Å². The molecule has 0 saturated carbocycles. The topological polar surface area (TPSA) is 24.9 Å². The quantitative estimate of drug-likeness (QED) is 0.594. The normalized spacial score (nSPS) is 10.8. The SMILES string of the molecule is CCN(CC)CCOc1ccc(CN(CC)c2cccc(OC)c2)cc1. The molecule has 2 rings (SSSR count). The van der Waals surface area contributed by atoms with Crippen LogP contribution in [0, 0.1) is 0 Å². The van der Waals surface area contributed by atoms with Crippen LogP contribution in [-0.4, -0.2) is 44.8 Å². The fraction of sp³-hybridized carbons (Fsp3) is 0.455. The number of hydrogen-bond donors (Lipinski definition) is 0. The summed E-state index contributed by atoms with van der Waals surface area (Å²) in [6.45, 7) is 12.2. The van der Waals surface area contributed by atoms with Gasteiger partial charge in [0.25, 0.3) is 0 Å². The summed E-state index contributed by atoms with van der Waals surface area (Å²) in [6, 6.07) is 16.6. The summed E-state index contributed by atoms with van der Waals surface area (Å²) < 4.78 is 11.2. The molecule has 2 aromatic rings. The van der Waals surface area contributed by atoms with Gasteiger partial charge in [0.1, 0.15) is 18.1 Å². The minimum absolute atomic E-state index is 0.728. The van der Waals surface area contributed by atoms with E-state index in [1.807, 2.05) is 12.1 Å². The summed E-state index contributed by atoms with van der Waals surface area (Å²) >= 11 is 0. The maximum absolute atomic E-state index is 5.87. The first-order chi connectivity index (χ1) is 12.7. The Kier molecular flexibility index (Phi) is 8.29. The minimum atomic E-state index is 0.728. The molecule has 0 aliphatic rings. The highest BCUT2D eigenvalue weighted by atomic mass is 16.5. The van der Waals surface area contributed by atoms with Crippen LogP contribution in [0.1, 0.15) is 26.3 Å². The Morgan fingerprint density at radius 1 is 0.846 bits per heavy atom. The molecule has 0 fully saturated rings. The first-order valence-electron chi connectivity index (χ1n) is 9.53. The van der Waals surface area contributed by atoms with Crippen LogP contribution in [0.15, 0.2) is 48.5 Å². The molecule has 0 aliphatic heterocycles. The Labute approximate surface area is 158 Å². The number of likely N-dealkylation sites (N-methyl/N-ethyl adjacent to an activating group) is 1. The Hall–Kier alpha value is -2.20. The highest BCUT2D eigenvalue weighted by Crippen LogP contribution is 2.23. The van der Waals surface area contributed by atoms with Gasteiger partial charge in [0, 0.05) is 31.4 Å². The summed E-state index contributed by atoms with van der Waals surface area (Å²) in [7, 11) is 1.70. The average Bonchev–Trinajstić information content (AvgIpc) is 2.70. The van der Waals surface area contributed by atoms with Crippen molar-refractivity contribution in [1.82, 2.24) is 4.90 Å². The van der Waals surface area contributed by atoms with Gasteiger partial charge in [0.15, 0.2) is 0 Å². The fourth-order valence-corrected chi connectivity index (χ4v) is 2.94. The van der Waals surface area contributed by atoms with E-state index in [-0.39, 0.29) is 0 Å². The number of benzene rings is 2. The van der Waals surface area contributed by atoms with Crippen LogP contribution in [0.2, 0.25) is 0 Å². The maximum Gasteiger partial charge on any atom is 0.120 e. The number of nitrogens with zero attached hydrogens (tertiary/aromatic N) is 2. The highest BCUT2D eigenvalue weighted by Gasteiger charge is 2.07. The predicted molar refractivity (Wildman–Crippen MR) is 109 cm³/mol. The minimum Gasteiger partial charge on any atom is -0.497 e. The van der Waals surface area contributed by atoms with Gasteiger partial charge in [0.05, 0.1) is 7.11 Å². The summed E-state index contributed by atoms with van der Waals surface area (Å²) in [5.74, 6) is 1.82. The molecule has 4 nitrogen and oxygen atoms in total. The summed E-state index contributed by atoms with van der Waals surface area (Å²) in [6.07, 6.45) is 0. The van der Waals surface area contributed by atoms with Crippen molar-refractivity contribution in [1.29, 1.82) is 0 Å². The molecule has 0 aliphatic carbocycles. The van der Waals surface area contributed by atoms with E-state index in [1.54, 1.807) is 7.11 Å². The molecular formula is C22H32N2O2. The lowest BCUT2D eigenvalue weighted by atomic mass is 10.2. The van der Waals surface area contributed by atoms with Crippen LogP contribution in [0.3, 0.4) is 0 Å². The monoisotopic (exact) mass is 356 g/mol. The van der Waals surface area contributed by atoms with Gasteiger partial charge >= 0.3 is 0 Å². The van der Waals surface area contributed by atoms with Crippen molar-refractivity contribution >= 4 is 5.69 Å². The predicted octanol–water partition coefficient (Wildman–Crippen LogP) is 4.44. The Morgan fingerprint density at radius 3 is 2.19 bits per heavy atom. The molecule has 0 amide bonds. The number of hydrogen-bond acceptors (Lipinski definition) is 4. The lowest BCUT2D eigenvalue weighted by molar-refractivity contribution is 0.223. The molecule has 0 saturated heterocycles. The van der Waals surface area contributed by atoms with Gasteiger partial charge in [-0.1, -0.05) is 32.0 Å². The lowest BCUT2D eigenvalue weighted by Crippen LogP contribution is -2.27. The molecule has 142 valence electrons. The second kappa shape index (κ2) is 10.7. The second-order valence-corrected chi connectivity index (χ2v) is 6.23. The second-order valence-electron chi connectivity index (χ2n) is 6.23. The van der Waals surface area contributed by atoms with Gasteiger partial charge in [0.2, 0.25) is 0 Å². The highest BCUT2D eigenvalue weighted by molar-refractivity contribution is 5.51. The smallest absolute Gasteiger partial charge is 0.120 e. The first-order valence-corrected chi connectivity index (χ1v) is 9.53. The van der Waals surface area contributed by atoms with E-state index in [9.17, 15) is 0 Å². The standard InChI is InChI=1S/C22H32N2O2/c1-5-23(6-2)15-16-26-21-13-11-19(12-14-21)18-24(7-3)20-9-8-10-22(17-20)25-4/h8-14,17H,5-7,15-16,18H2,1-4H3. The summed E-state index contributed by atoms with van der Waals surface area (Å²) in [5.41, 5.74) is 2.44. The van der Waals surface area contributed by atoms with Gasteiger partial charge in [-0.25, -0.2) is 0 Å². The van der Waals surface area contributed by atoms with E-state index >= 15 is 0 Å². The van der Waals surface area contributed by atoms with Gasteiger partial charge in [-0.15, -0.1) is 0 Å². The molecule has 0 aromatic heterocycles. The number of ether oxygens (including phenoxy) is 2. The van der Waals surface area contributed by atoms with Gasteiger partial charge in [-0.3, -0.25) is 0 Å².